The third-order valence-electron chi connectivity index (χ3n) is 3.78. The Kier molecular flexibility index (Phi) is 2.87. The van der Waals surface area contributed by atoms with Gasteiger partial charge in [-0.3, -0.25) is 9.59 Å². The van der Waals surface area contributed by atoms with E-state index < -0.39 is 11.1 Å². The molecule has 4 rings (SSSR count). The highest BCUT2D eigenvalue weighted by Gasteiger charge is 2.19. The summed E-state index contributed by atoms with van der Waals surface area (Å²) in [6, 6.07) is 12.0. The molecule has 1 N–H and O–H groups in total. The minimum absolute atomic E-state index is 0.0618. The Bertz CT molecular complexity index is 1270. The molecule has 1 aromatic carbocycles. The number of nitriles is 1. The number of nitrogens with one attached hydrogen (secondary N) is 1. The van der Waals surface area contributed by atoms with Crippen molar-refractivity contribution in [3.05, 3.63) is 68.4 Å². The van der Waals surface area contributed by atoms with Crippen molar-refractivity contribution >= 4 is 16.7 Å². The van der Waals surface area contributed by atoms with Crippen LogP contribution in [0.2, 0.25) is 0 Å². The van der Waals surface area contributed by atoms with Crippen molar-refractivity contribution in [2.45, 2.75) is 6.92 Å². The fraction of sp³-hybridized carbons (Fsp3) is 0.0588. The standard InChI is InChI=1S/C17H10N4O3/c1-9-6-7-13(24-9)14-11(8-18)16(23)21-15(22)10-4-2-3-5-12(10)19-17(21)20-14/h2-7H,1H3,(H,19,20). The highest BCUT2D eigenvalue weighted by molar-refractivity contribution is 5.79. The maximum Gasteiger partial charge on any atom is 0.280 e. The van der Waals surface area contributed by atoms with Crippen LogP contribution in [-0.4, -0.2) is 14.4 Å². The maximum absolute atomic E-state index is 12.7. The van der Waals surface area contributed by atoms with Gasteiger partial charge in [0, 0.05) is 0 Å². The van der Waals surface area contributed by atoms with Crippen LogP contribution in [0.1, 0.15) is 11.3 Å². The summed E-state index contributed by atoms with van der Waals surface area (Å²) in [5, 5.41) is 9.72. The number of fused-ring (bicyclic) bond motifs is 2. The Morgan fingerprint density at radius 2 is 1.96 bits per heavy atom. The molecular weight excluding hydrogens is 308 g/mol. The molecule has 0 aliphatic heterocycles. The van der Waals surface area contributed by atoms with Gasteiger partial charge in [0.15, 0.2) is 5.76 Å². The van der Waals surface area contributed by atoms with Gasteiger partial charge in [-0.05, 0) is 31.2 Å². The lowest BCUT2D eigenvalue weighted by Crippen LogP contribution is -2.30. The average Bonchev–Trinajstić information content (AvgIpc) is 3.01. The predicted molar refractivity (Wildman–Crippen MR) is 86.7 cm³/mol. The van der Waals surface area contributed by atoms with Gasteiger partial charge in [0.1, 0.15) is 23.1 Å². The van der Waals surface area contributed by atoms with E-state index in [-0.39, 0.29) is 17.0 Å². The molecule has 0 aliphatic carbocycles. The Hall–Kier alpha value is -3.66. The highest BCUT2D eigenvalue weighted by Crippen LogP contribution is 2.22. The lowest BCUT2D eigenvalue weighted by molar-refractivity contribution is 0.546. The minimum atomic E-state index is -0.724. The van der Waals surface area contributed by atoms with Gasteiger partial charge in [0.05, 0.1) is 10.9 Å². The highest BCUT2D eigenvalue weighted by atomic mass is 16.3. The zero-order valence-electron chi connectivity index (χ0n) is 12.5. The maximum atomic E-state index is 12.7. The summed E-state index contributed by atoms with van der Waals surface area (Å²) in [7, 11) is 0. The van der Waals surface area contributed by atoms with Gasteiger partial charge in [-0.25, -0.2) is 9.38 Å². The molecule has 0 atom stereocenters. The largest absolute Gasteiger partial charge is 0.460 e. The van der Waals surface area contributed by atoms with Crippen LogP contribution in [0.5, 0.6) is 0 Å². The second-order valence-electron chi connectivity index (χ2n) is 5.30. The predicted octanol–water partition coefficient (Wildman–Crippen LogP) is 1.98. The van der Waals surface area contributed by atoms with E-state index in [1.807, 2.05) is 6.07 Å². The molecule has 3 heterocycles. The summed E-state index contributed by atoms with van der Waals surface area (Å²) >= 11 is 0. The average molecular weight is 318 g/mol. The van der Waals surface area contributed by atoms with Gasteiger partial charge >= 0.3 is 0 Å². The number of rotatable bonds is 1. The normalized spacial score (nSPS) is 11.0. The van der Waals surface area contributed by atoms with Crippen molar-refractivity contribution in [2.75, 3.05) is 0 Å². The van der Waals surface area contributed by atoms with Crippen molar-refractivity contribution < 1.29 is 4.42 Å². The van der Waals surface area contributed by atoms with Crippen LogP contribution < -0.4 is 11.1 Å². The lowest BCUT2D eigenvalue weighted by Gasteiger charge is -2.06. The number of para-hydroxylation sites is 1. The van der Waals surface area contributed by atoms with Gasteiger partial charge in [0.25, 0.3) is 11.1 Å². The van der Waals surface area contributed by atoms with Gasteiger partial charge in [0.2, 0.25) is 5.78 Å². The van der Waals surface area contributed by atoms with Gasteiger partial charge in [-0.2, -0.15) is 5.26 Å². The van der Waals surface area contributed by atoms with E-state index in [2.05, 4.69) is 9.97 Å². The lowest BCUT2D eigenvalue weighted by atomic mass is 10.2. The van der Waals surface area contributed by atoms with E-state index in [4.69, 9.17) is 4.42 Å². The third kappa shape index (κ3) is 1.87. The molecule has 0 aliphatic rings. The molecule has 7 nitrogen and oxygen atoms in total. The number of furan rings is 1. The van der Waals surface area contributed by atoms with Gasteiger partial charge in [-0.1, -0.05) is 12.1 Å². The first-order valence-corrected chi connectivity index (χ1v) is 7.15. The Morgan fingerprint density at radius 3 is 2.67 bits per heavy atom. The Morgan fingerprint density at radius 1 is 1.17 bits per heavy atom. The van der Waals surface area contributed by atoms with Crippen LogP contribution in [0.25, 0.3) is 28.1 Å². The Labute approximate surface area is 134 Å². The first kappa shape index (κ1) is 14.0. The van der Waals surface area contributed by atoms with Crippen molar-refractivity contribution in [3.63, 3.8) is 0 Å². The third-order valence-corrected chi connectivity index (χ3v) is 3.78. The minimum Gasteiger partial charge on any atom is -0.460 e. The van der Waals surface area contributed by atoms with Crippen LogP contribution in [-0.2, 0) is 0 Å². The Balaban J connectivity index is 2.22. The zero-order chi connectivity index (χ0) is 16.8. The molecule has 0 spiro atoms. The SMILES string of the molecule is Cc1ccc(-c2nc3[nH]c4ccccc4c(=O)n3c(=O)c2C#N)o1. The molecule has 4 aromatic rings. The topological polar surface area (TPSA) is 104 Å². The van der Waals surface area contributed by atoms with E-state index in [1.165, 1.54) is 0 Å². The molecule has 0 amide bonds. The number of hydrogen-bond donors (Lipinski definition) is 1. The number of aromatic amines is 1. The van der Waals surface area contributed by atoms with E-state index in [0.29, 0.717) is 22.4 Å². The zero-order valence-corrected chi connectivity index (χ0v) is 12.5. The first-order chi connectivity index (χ1) is 11.6. The molecule has 116 valence electrons. The summed E-state index contributed by atoms with van der Waals surface area (Å²) in [6.07, 6.45) is 0. The second kappa shape index (κ2) is 4.93. The molecule has 0 saturated carbocycles. The molecule has 0 unspecified atom stereocenters. The van der Waals surface area contributed by atoms with Crippen LogP contribution in [0, 0.1) is 18.3 Å². The van der Waals surface area contributed by atoms with Crippen LogP contribution >= 0.6 is 0 Å². The number of aromatic nitrogens is 3. The molecule has 24 heavy (non-hydrogen) atoms. The number of benzene rings is 1. The van der Waals surface area contributed by atoms with Crippen LogP contribution in [0.3, 0.4) is 0 Å². The van der Waals surface area contributed by atoms with Crippen molar-refractivity contribution in [1.29, 1.82) is 5.26 Å². The smallest absolute Gasteiger partial charge is 0.280 e. The van der Waals surface area contributed by atoms with Gasteiger partial charge < -0.3 is 9.40 Å². The molecule has 0 saturated heterocycles. The van der Waals surface area contributed by atoms with Crippen molar-refractivity contribution in [1.82, 2.24) is 14.4 Å². The van der Waals surface area contributed by atoms with E-state index in [1.54, 1.807) is 43.3 Å². The van der Waals surface area contributed by atoms with Crippen LogP contribution in [0.15, 0.2) is 50.4 Å². The number of H-pyrrole nitrogens is 1. The number of aryl methyl sites for hydroxylation is 1. The molecule has 0 bridgehead atoms. The molecular formula is C17H10N4O3. The summed E-state index contributed by atoms with van der Waals surface area (Å²) in [5.74, 6) is 0.993. The molecule has 3 aromatic heterocycles. The second-order valence-corrected chi connectivity index (χ2v) is 5.30. The molecule has 0 fully saturated rings. The van der Waals surface area contributed by atoms with Crippen LogP contribution in [0.4, 0.5) is 0 Å². The molecule has 7 heteroatoms. The van der Waals surface area contributed by atoms with E-state index in [9.17, 15) is 14.9 Å². The summed E-state index contributed by atoms with van der Waals surface area (Å²) in [5.41, 5.74) is -0.807. The van der Waals surface area contributed by atoms with E-state index >= 15 is 0 Å². The monoisotopic (exact) mass is 318 g/mol. The first-order valence-electron chi connectivity index (χ1n) is 7.15. The molecule has 0 radical (unpaired) electrons. The number of nitrogens with zero attached hydrogens (tertiary/aromatic N) is 3. The quantitative estimate of drug-likeness (QED) is 0.540. The van der Waals surface area contributed by atoms with Crippen molar-refractivity contribution in [3.8, 4) is 17.5 Å². The summed E-state index contributed by atoms with van der Waals surface area (Å²) in [4.78, 5) is 32.5. The summed E-state index contributed by atoms with van der Waals surface area (Å²) in [6.45, 7) is 1.75. The fourth-order valence-electron chi connectivity index (χ4n) is 2.65. The fourth-order valence-corrected chi connectivity index (χ4v) is 2.65. The number of hydrogen-bond acceptors (Lipinski definition) is 5. The summed E-state index contributed by atoms with van der Waals surface area (Å²) < 4.78 is 6.36. The van der Waals surface area contributed by atoms with Gasteiger partial charge in [-0.15, -0.1) is 0 Å². The van der Waals surface area contributed by atoms with E-state index in [0.717, 1.165) is 4.40 Å². The van der Waals surface area contributed by atoms with Crippen molar-refractivity contribution in [2.24, 2.45) is 0 Å².